The molecule has 2 aromatic rings. The van der Waals surface area contributed by atoms with Gasteiger partial charge in [-0.3, -0.25) is 9.59 Å². The first-order valence-electron chi connectivity index (χ1n) is 9.20. The fourth-order valence-electron chi connectivity index (χ4n) is 2.77. The standard InChI is InChI=1S/C22H26N2O4/c1-15(2)19(22(27)28-3)24-21(26)18(14-16-10-6-4-7-11-16)23-20(25)17-12-8-5-9-13-17/h4-13,15,18-19H,14H2,1-3H3,(H,23,25)(H,24,26)/t18-,19-/m0/s1. The highest BCUT2D eigenvalue weighted by Crippen LogP contribution is 2.08. The van der Waals surface area contributed by atoms with Crippen LogP contribution in [-0.4, -0.2) is 37.0 Å². The molecule has 0 unspecified atom stereocenters. The molecule has 0 aromatic heterocycles. The Labute approximate surface area is 165 Å². The normalized spacial score (nSPS) is 12.7. The van der Waals surface area contributed by atoms with Gasteiger partial charge in [-0.2, -0.15) is 0 Å². The van der Waals surface area contributed by atoms with Crippen LogP contribution >= 0.6 is 0 Å². The van der Waals surface area contributed by atoms with Crippen LogP contribution in [0.15, 0.2) is 60.7 Å². The molecule has 2 amide bonds. The molecule has 0 radical (unpaired) electrons. The molecule has 2 atom stereocenters. The zero-order valence-corrected chi connectivity index (χ0v) is 16.3. The first-order chi connectivity index (χ1) is 13.4. The van der Waals surface area contributed by atoms with Gasteiger partial charge in [0.1, 0.15) is 12.1 Å². The third kappa shape index (κ3) is 5.94. The highest BCUT2D eigenvalue weighted by Gasteiger charge is 2.29. The van der Waals surface area contributed by atoms with Gasteiger partial charge < -0.3 is 15.4 Å². The van der Waals surface area contributed by atoms with Crippen LogP contribution in [0.3, 0.4) is 0 Å². The first kappa shape index (κ1) is 21.2. The molecule has 0 spiro atoms. The smallest absolute Gasteiger partial charge is 0.328 e. The fraction of sp³-hybridized carbons (Fsp3) is 0.318. The molecule has 0 saturated heterocycles. The van der Waals surface area contributed by atoms with E-state index < -0.39 is 24.0 Å². The average Bonchev–Trinajstić information content (AvgIpc) is 2.71. The van der Waals surface area contributed by atoms with Crippen LogP contribution in [0, 0.1) is 5.92 Å². The van der Waals surface area contributed by atoms with Crippen molar-refractivity contribution in [3.05, 3.63) is 71.8 Å². The molecule has 28 heavy (non-hydrogen) atoms. The van der Waals surface area contributed by atoms with E-state index in [-0.39, 0.29) is 11.8 Å². The topological polar surface area (TPSA) is 84.5 Å². The van der Waals surface area contributed by atoms with Gasteiger partial charge in [-0.15, -0.1) is 0 Å². The number of amides is 2. The van der Waals surface area contributed by atoms with E-state index in [9.17, 15) is 14.4 Å². The van der Waals surface area contributed by atoms with Gasteiger partial charge in [0, 0.05) is 12.0 Å². The number of benzene rings is 2. The number of nitrogens with one attached hydrogen (secondary N) is 2. The number of esters is 1. The summed E-state index contributed by atoms with van der Waals surface area (Å²) in [6.07, 6.45) is 0.303. The van der Waals surface area contributed by atoms with Crippen LogP contribution in [0.5, 0.6) is 0 Å². The largest absolute Gasteiger partial charge is 0.467 e. The summed E-state index contributed by atoms with van der Waals surface area (Å²) in [7, 11) is 1.28. The Bertz CT molecular complexity index is 791. The molecule has 6 nitrogen and oxygen atoms in total. The van der Waals surface area contributed by atoms with Crippen LogP contribution in [0.1, 0.15) is 29.8 Å². The Hall–Kier alpha value is -3.15. The maximum atomic E-state index is 12.9. The van der Waals surface area contributed by atoms with Gasteiger partial charge in [0.25, 0.3) is 5.91 Å². The number of methoxy groups -OCH3 is 1. The number of rotatable bonds is 8. The molecule has 0 saturated carbocycles. The third-order valence-corrected chi connectivity index (χ3v) is 4.36. The molecule has 0 fully saturated rings. The average molecular weight is 382 g/mol. The number of hydrogen-bond donors (Lipinski definition) is 2. The minimum atomic E-state index is -0.832. The Morgan fingerprint density at radius 3 is 2.00 bits per heavy atom. The summed E-state index contributed by atoms with van der Waals surface area (Å²) in [6, 6.07) is 16.5. The maximum Gasteiger partial charge on any atom is 0.328 e. The van der Waals surface area contributed by atoms with Gasteiger partial charge >= 0.3 is 5.97 Å². The van der Waals surface area contributed by atoms with Gasteiger partial charge in [-0.1, -0.05) is 62.4 Å². The van der Waals surface area contributed by atoms with Crippen molar-refractivity contribution in [1.82, 2.24) is 10.6 Å². The maximum absolute atomic E-state index is 12.9. The first-order valence-corrected chi connectivity index (χ1v) is 9.20. The molecular formula is C22H26N2O4. The van der Waals surface area contributed by atoms with E-state index in [0.29, 0.717) is 12.0 Å². The van der Waals surface area contributed by atoms with Crippen LogP contribution < -0.4 is 10.6 Å². The number of carbonyl (C=O) groups excluding carboxylic acids is 3. The van der Waals surface area contributed by atoms with E-state index >= 15 is 0 Å². The Balaban J connectivity index is 2.20. The monoisotopic (exact) mass is 382 g/mol. The van der Waals surface area contributed by atoms with Crippen molar-refractivity contribution in [2.75, 3.05) is 7.11 Å². The summed E-state index contributed by atoms with van der Waals surface area (Å²) >= 11 is 0. The van der Waals surface area contributed by atoms with Crippen molar-refractivity contribution >= 4 is 17.8 Å². The van der Waals surface area contributed by atoms with E-state index in [1.807, 2.05) is 50.2 Å². The summed E-state index contributed by atoms with van der Waals surface area (Å²) in [5.41, 5.74) is 1.36. The van der Waals surface area contributed by atoms with E-state index in [4.69, 9.17) is 4.74 Å². The van der Waals surface area contributed by atoms with Crippen molar-refractivity contribution in [3.63, 3.8) is 0 Å². The zero-order chi connectivity index (χ0) is 20.5. The quantitative estimate of drug-likeness (QED) is 0.687. The number of carbonyl (C=O) groups is 3. The molecule has 2 aromatic carbocycles. The third-order valence-electron chi connectivity index (χ3n) is 4.36. The van der Waals surface area contributed by atoms with Gasteiger partial charge in [0.05, 0.1) is 7.11 Å². The highest BCUT2D eigenvalue weighted by atomic mass is 16.5. The second kappa shape index (κ2) is 10.3. The number of hydrogen-bond acceptors (Lipinski definition) is 4. The van der Waals surface area contributed by atoms with E-state index in [2.05, 4.69) is 10.6 Å². The lowest BCUT2D eigenvalue weighted by atomic mass is 10.0. The van der Waals surface area contributed by atoms with Crippen LogP contribution in [0.2, 0.25) is 0 Å². The van der Waals surface area contributed by atoms with Gasteiger partial charge in [0.15, 0.2) is 0 Å². The molecule has 0 heterocycles. The minimum Gasteiger partial charge on any atom is -0.467 e. The van der Waals surface area contributed by atoms with E-state index in [0.717, 1.165) is 5.56 Å². The summed E-state index contributed by atoms with van der Waals surface area (Å²) < 4.78 is 4.78. The van der Waals surface area contributed by atoms with Gasteiger partial charge in [-0.25, -0.2) is 4.79 Å². The van der Waals surface area contributed by atoms with Gasteiger partial charge in [0.2, 0.25) is 5.91 Å². The molecule has 0 aliphatic rings. The van der Waals surface area contributed by atoms with Crippen molar-refractivity contribution < 1.29 is 19.1 Å². The molecule has 148 valence electrons. The predicted octanol–water partition coefficient (Wildman–Crippen LogP) is 2.34. The summed E-state index contributed by atoms with van der Waals surface area (Å²) in [5, 5.41) is 5.50. The van der Waals surface area contributed by atoms with Crippen LogP contribution in [0.4, 0.5) is 0 Å². The molecule has 0 aliphatic heterocycles. The van der Waals surface area contributed by atoms with Gasteiger partial charge in [-0.05, 0) is 23.6 Å². The lowest BCUT2D eigenvalue weighted by Crippen LogP contribution is -2.54. The SMILES string of the molecule is COC(=O)[C@@H](NC(=O)[C@H](Cc1ccccc1)NC(=O)c1ccccc1)C(C)C. The second-order valence-corrected chi connectivity index (χ2v) is 6.84. The Morgan fingerprint density at radius 1 is 0.893 bits per heavy atom. The lowest BCUT2D eigenvalue weighted by molar-refractivity contribution is -0.146. The van der Waals surface area contributed by atoms with E-state index in [1.54, 1.807) is 24.3 Å². The molecule has 2 rings (SSSR count). The van der Waals surface area contributed by atoms with Crippen molar-refractivity contribution in [3.8, 4) is 0 Å². The van der Waals surface area contributed by atoms with Crippen molar-refractivity contribution in [1.29, 1.82) is 0 Å². The summed E-state index contributed by atoms with van der Waals surface area (Å²) in [5.74, 6) is -1.46. The predicted molar refractivity (Wildman–Crippen MR) is 107 cm³/mol. The highest BCUT2D eigenvalue weighted by molar-refractivity contribution is 5.98. The zero-order valence-electron chi connectivity index (χ0n) is 16.3. The fourth-order valence-corrected chi connectivity index (χ4v) is 2.77. The molecule has 6 heteroatoms. The van der Waals surface area contributed by atoms with Crippen molar-refractivity contribution in [2.24, 2.45) is 5.92 Å². The van der Waals surface area contributed by atoms with Crippen molar-refractivity contribution in [2.45, 2.75) is 32.4 Å². The summed E-state index contributed by atoms with van der Waals surface area (Å²) in [4.78, 5) is 37.5. The minimum absolute atomic E-state index is 0.154. The number of ether oxygens (including phenoxy) is 1. The summed E-state index contributed by atoms with van der Waals surface area (Å²) in [6.45, 7) is 3.63. The molecule has 0 bridgehead atoms. The molecule has 0 aliphatic carbocycles. The second-order valence-electron chi connectivity index (χ2n) is 6.84. The molecule has 2 N–H and O–H groups in total. The van der Waals surface area contributed by atoms with Crippen LogP contribution in [0.25, 0.3) is 0 Å². The molecular weight excluding hydrogens is 356 g/mol. The van der Waals surface area contributed by atoms with Crippen LogP contribution in [-0.2, 0) is 20.7 Å². The Morgan fingerprint density at radius 2 is 1.46 bits per heavy atom. The lowest BCUT2D eigenvalue weighted by Gasteiger charge is -2.24. The van der Waals surface area contributed by atoms with E-state index in [1.165, 1.54) is 7.11 Å². The Kier molecular flexibility index (Phi) is 7.75.